The molecule has 1 saturated heterocycles. The van der Waals surface area contributed by atoms with Gasteiger partial charge >= 0.3 is 0 Å². The van der Waals surface area contributed by atoms with Crippen molar-refractivity contribution in [2.24, 2.45) is 0 Å². The molecule has 0 spiro atoms. The second kappa shape index (κ2) is 4.25. The Bertz CT molecular complexity index is 643. The van der Waals surface area contributed by atoms with Crippen LogP contribution < -0.4 is 4.90 Å². The number of rotatable bonds is 1. The highest BCUT2D eigenvalue weighted by Crippen LogP contribution is 2.26. The first-order chi connectivity index (χ1) is 9.09. The van der Waals surface area contributed by atoms with Crippen molar-refractivity contribution in [3.8, 4) is 6.07 Å². The predicted molar refractivity (Wildman–Crippen MR) is 72.0 cm³/mol. The molecular formula is C14H16N4O. The van der Waals surface area contributed by atoms with Gasteiger partial charge in [-0.2, -0.15) is 10.4 Å². The van der Waals surface area contributed by atoms with Crippen LogP contribution in [0.25, 0.3) is 5.52 Å². The zero-order chi connectivity index (χ0) is 13.5. The molecule has 1 aliphatic heterocycles. The van der Waals surface area contributed by atoms with Crippen molar-refractivity contribution in [2.45, 2.75) is 25.4 Å². The first kappa shape index (κ1) is 12.0. The molecule has 98 valence electrons. The van der Waals surface area contributed by atoms with Crippen LogP contribution in [-0.4, -0.2) is 33.4 Å². The van der Waals surface area contributed by atoms with E-state index in [1.54, 1.807) is 10.7 Å². The molecule has 1 fully saturated rings. The minimum absolute atomic E-state index is 0.541. The lowest BCUT2D eigenvalue weighted by Gasteiger charge is -2.37. The third kappa shape index (κ3) is 2.15. The highest BCUT2D eigenvalue weighted by Gasteiger charge is 2.27. The molecule has 0 aromatic carbocycles. The maximum atomic E-state index is 9.97. The summed E-state index contributed by atoms with van der Waals surface area (Å²) in [5, 5.41) is 23.1. The Morgan fingerprint density at radius 1 is 1.37 bits per heavy atom. The summed E-state index contributed by atoms with van der Waals surface area (Å²) in [7, 11) is 0. The average molecular weight is 256 g/mol. The van der Waals surface area contributed by atoms with E-state index < -0.39 is 5.60 Å². The summed E-state index contributed by atoms with van der Waals surface area (Å²) < 4.78 is 1.74. The monoisotopic (exact) mass is 256 g/mol. The van der Waals surface area contributed by atoms with Crippen LogP contribution in [0, 0.1) is 11.3 Å². The van der Waals surface area contributed by atoms with Gasteiger partial charge in [-0.25, -0.2) is 4.52 Å². The van der Waals surface area contributed by atoms with Gasteiger partial charge in [0.25, 0.3) is 0 Å². The van der Waals surface area contributed by atoms with Gasteiger partial charge in [-0.1, -0.05) is 0 Å². The third-order valence-electron chi connectivity index (χ3n) is 3.83. The van der Waals surface area contributed by atoms with Crippen LogP contribution >= 0.6 is 0 Å². The number of nitrogens with zero attached hydrogens (tertiary/aromatic N) is 4. The number of aliphatic hydroxyl groups is 1. The Kier molecular flexibility index (Phi) is 2.68. The second-order valence-corrected chi connectivity index (χ2v) is 5.37. The fourth-order valence-corrected chi connectivity index (χ4v) is 2.49. The molecule has 2 aromatic rings. The normalized spacial score (nSPS) is 18.5. The van der Waals surface area contributed by atoms with Gasteiger partial charge < -0.3 is 10.0 Å². The number of piperidine rings is 1. The Morgan fingerprint density at radius 3 is 2.79 bits per heavy atom. The smallest absolute Gasteiger partial charge is 0.103 e. The maximum absolute atomic E-state index is 9.97. The fourth-order valence-electron chi connectivity index (χ4n) is 2.49. The summed E-state index contributed by atoms with van der Waals surface area (Å²) in [6.45, 7) is 3.57. The SMILES string of the molecule is CC1(O)CCN(c2ccc3c(C#N)cnn3c2)CC1. The van der Waals surface area contributed by atoms with Crippen LogP contribution in [0.15, 0.2) is 24.5 Å². The molecule has 1 aliphatic rings. The summed E-state index contributed by atoms with van der Waals surface area (Å²) in [5.41, 5.74) is 1.96. The van der Waals surface area contributed by atoms with Gasteiger partial charge in [0.05, 0.1) is 34.8 Å². The zero-order valence-corrected chi connectivity index (χ0v) is 10.9. The Morgan fingerprint density at radius 2 is 2.11 bits per heavy atom. The molecule has 19 heavy (non-hydrogen) atoms. The highest BCUT2D eigenvalue weighted by atomic mass is 16.3. The van der Waals surface area contributed by atoms with Gasteiger partial charge in [0.2, 0.25) is 0 Å². The summed E-state index contributed by atoms with van der Waals surface area (Å²) in [6, 6.07) is 6.07. The molecule has 3 rings (SSSR count). The lowest BCUT2D eigenvalue weighted by molar-refractivity contribution is 0.0351. The maximum Gasteiger partial charge on any atom is 0.103 e. The van der Waals surface area contributed by atoms with Crippen LogP contribution in [0.1, 0.15) is 25.3 Å². The van der Waals surface area contributed by atoms with Crippen LogP contribution in [0.4, 0.5) is 5.69 Å². The quantitative estimate of drug-likeness (QED) is 0.841. The van der Waals surface area contributed by atoms with Gasteiger partial charge in [-0.05, 0) is 31.9 Å². The van der Waals surface area contributed by atoms with Crippen LogP contribution in [-0.2, 0) is 0 Å². The van der Waals surface area contributed by atoms with E-state index in [0.717, 1.165) is 37.1 Å². The molecule has 1 N–H and O–H groups in total. The van der Waals surface area contributed by atoms with Crippen LogP contribution in [0.5, 0.6) is 0 Å². The molecular weight excluding hydrogens is 240 g/mol. The molecule has 0 saturated carbocycles. The summed E-state index contributed by atoms with van der Waals surface area (Å²) in [4.78, 5) is 2.24. The Hall–Kier alpha value is -2.06. The molecule has 0 unspecified atom stereocenters. The minimum atomic E-state index is -0.541. The lowest BCUT2D eigenvalue weighted by Crippen LogP contribution is -2.42. The van der Waals surface area contributed by atoms with E-state index in [9.17, 15) is 5.11 Å². The average Bonchev–Trinajstić information content (AvgIpc) is 2.80. The zero-order valence-electron chi connectivity index (χ0n) is 10.9. The van der Waals surface area contributed by atoms with Crippen molar-refractivity contribution in [2.75, 3.05) is 18.0 Å². The number of nitriles is 1. The van der Waals surface area contributed by atoms with Crippen molar-refractivity contribution in [3.05, 3.63) is 30.1 Å². The molecule has 5 nitrogen and oxygen atoms in total. The standard InChI is InChI=1S/C14H16N4O/c1-14(19)4-6-17(7-5-14)12-2-3-13-11(8-15)9-16-18(13)10-12/h2-3,9-10,19H,4-7H2,1H3. The fraction of sp³-hybridized carbons (Fsp3) is 0.429. The molecule has 0 atom stereocenters. The Balaban J connectivity index is 1.88. The topological polar surface area (TPSA) is 64.6 Å². The van der Waals surface area contributed by atoms with Crippen molar-refractivity contribution in [3.63, 3.8) is 0 Å². The summed E-state index contributed by atoms with van der Waals surface area (Å²) in [5.74, 6) is 0. The minimum Gasteiger partial charge on any atom is -0.390 e. The molecule has 2 aromatic heterocycles. The predicted octanol–water partition coefficient (Wildman–Crippen LogP) is 1.56. The van der Waals surface area contributed by atoms with Gasteiger partial charge in [-0.3, -0.25) is 0 Å². The van der Waals surface area contributed by atoms with Gasteiger partial charge in [-0.15, -0.1) is 0 Å². The number of hydrogen-bond donors (Lipinski definition) is 1. The van der Waals surface area contributed by atoms with E-state index in [-0.39, 0.29) is 0 Å². The van der Waals surface area contributed by atoms with Crippen LogP contribution in [0.2, 0.25) is 0 Å². The molecule has 0 amide bonds. The van der Waals surface area contributed by atoms with Crippen LogP contribution in [0.3, 0.4) is 0 Å². The third-order valence-corrected chi connectivity index (χ3v) is 3.83. The first-order valence-corrected chi connectivity index (χ1v) is 6.44. The number of fused-ring (bicyclic) bond motifs is 1. The van der Waals surface area contributed by atoms with Gasteiger partial charge in [0, 0.05) is 13.1 Å². The van der Waals surface area contributed by atoms with Crippen molar-refractivity contribution >= 4 is 11.2 Å². The summed E-state index contributed by atoms with van der Waals surface area (Å²) in [6.07, 6.45) is 5.07. The van der Waals surface area contributed by atoms with E-state index in [2.05, 4.69) is 16.1 Å². The van der Waals surface area contributed by atoms with Crippen molar-refractivity contribution in [1.82, 2.24) is 9.61 Å². The van der Waals surface area contributed by atoms with E-state index in [1.165, 1.54) is 0 Å². The number of aromatic nitrogens is 2. The molecule has 0 aliphatic carbocycles. The van der Waals surface area contributed by atoms with E-state index in [1.807, 2.05) is 25.3 Å². The van der Waals surface area contributed by atoms with Crippen molar-refractivity contribution in [1.29, 1.82) is 5.26 Å². The van der Waals surface area contributed by atoms with E-state index in [0.29, 0.717) is 5.56 Å². The van der Waals surface area contributed by atoms with E-state index in [4.69, 9.17) is 5.26 Å². The number of pyridine rings is 1. The number of anilines is 1. The first-order valence-electron chi connectivity index (χ1n) is 6.44. The molecule has 0 bridgehead atoms. The largest absolute Gasteiger partial charge is 0.390 e. The van der Waals surface area contributed by atoms with E-state index >= 15 is 0 Å². The Labute approximate surface area is 111 Å². The van der Waals surface area contributed by atoms with Gasteiger partial charge in [0.15, 0.2) is 0 Å². The highest BCUT2D eigenvalue weighted by molar-refractivity contribution is 5.63. The molecule has 0 radical (unpaired) electrons. The molecule has 5 heteroatoms. The van der Waals surface area contributed by atoms with Gasteiger partial charge in [0.1, 0.15) is 6.07 Å². The second-order valence-electron chi connectivity index (χ2n) is 5.37. The summed E-state index contributed by atoms with van der Waals surface area (Å²) >= 11 is 0. The lowest BCUT2D eigenvalue weighted by atomic mass is 9.94. The van der Waals surface area contributed by atoms with Crippen molar-refractivity contribution < 1.29 is 5.11 Å². The number of hydrogen-bond acceptors (Lipinski definition) is 4. The molecule has 3 heterocycles.